The van der Waals surface area contributed by atoms with Crippen molar-refractivity contribution in [2.24, 2.45) is 5.73 Å². The number of nitrogens with zero attached hydrogens (tertiary/aromatic N) is 2. The first kappa shape index (κ1) is 13.1. The highest BCUT2D eigenvalue weighted by Crippen LogP contribution is 2.22. The van der Waals surface area contributed by atoms with Crippen molar-refractivity contribution in [2.75, 3.05) is 0 Å². The Balaban J connectivity index is 2.12. The maximum absolute atomic E-state index is 13.8. The molecule has 2 N–H and O–H groups in total. The quantitative estimate of drug-likeness (QED) is 0.804. The van der Waals surface area contributed by atoms with Gasteiger partial charge >= 0.3 is 0 Å². The normalized spacial score (nSPS) is 11.2. The van der Waals surface area contributed by atoms with E-state index in [1.807, 2.05) is 16.7 Å². The Morgan fingerprint density at radius 3 is 2.75 bits per heavy atom. The molecule has 0 fully saturated rings. The summed E-state index contributed by atoms with van der Waals surface area (Å²) in [6.45, 7) is 0.693. The lowest BCUT2D eigenvalue weighted by atomic mass is 10.2. The summed E-state index contributed by atoms with van der Waals surface area (Å²) in [5.74, 6) is 0.483. The number of fused-ring (bicyclic) bond motifs is 1. The Morgan fingerprint density at radius 2 is 2.00 bits per heavy atom. The molecule has 0 atom stereocenters. The minimum Gasteiger partial charge on any atom is -0.324 e. The van der Waals surface area contributed by atoms with E-state index in [0.717, 1.165) is 11.0 Å². The first-order valence-corrected chi connectivity index (χ1v) is 6.65. The maximum Gasteiger partial charge on any atom is 0.128 e. The summed E-state index contributed by atoms with van der Waals surface area (Å²) < 4.78 is 15.7. The van der Waals surface area contributed by atoms with Gasteiger partial charge < -0.3 is 10.3 Å². The van der Waals surface area contributed by atoms with Gasteiger partial charge in [-0.15, -0.1) is 0 Å². The van der Waals surface area contributed by atoms with Crippen molar-refractivity contribution >= 4 is 22.6 Å². The molecule has 3 rings (SSSR count). The third-order valence-electron chi connectivity index (χ3n) is 3.26. The van der Waals surface area contributed by atoms with Crippen LogP contribution in [0.1, 0.15) is 11.4 Å². The molecule has 0 saturated heterocycles. The molecule has 5 heteroatoms. The highest BCUT2D eigenvalue weighted by Gasteiger charge is 2.12. The summed E-state index contributed by atoms with van der Waals surface area (Å²) in [5.41, 5.74) is 8.02. The molecule has 102 valence electrons. The molecule has 2 aromatic carbocycles. The summed E-state index contributed by atoms with van der Waals surface area (Å²) in [5, 5.41) is 0.622. The fourth-order valence-corrected chi connectivity index (χ4v) is 2.45. The average Bonchev–Trinajstić information content (AvgIpc) is 2.78. The van der Waals surface area contributed by atoms with Crippen molar-refractivity contribution in [2.45, 2.75) is 13.1 Å². The second-order valence-corrected chi connectivity index (χ2v) is 4.98. The molecular weight excluding hydrogens is 277 g/mol. The molecule has 0 amide bonds. The molecule has 0 bridgehead atoms. The smallest absolute Gasteiger partial charge is 0.128 e. The number of rotatable bonds is 3. The zero-order valence-electron chi connectivity index (χ0n) is 10.7. The molecule has 1 aromatic heterocycles. The number of hydrogen-bond acceptors (Lipinski definition) is 2. The third kappa shape index (κ3) is 2.28. The van der Waals surface area contributed by atoms with E-state index in [1.165, 1.54) is 6.07 Å². The molecule has 0 spiro atoms. The van der Waals surface area contributed by atoms with Gasteiger partial charge in [0.05, 0.1) is 24.1 Å². The Hall–Kier alpha value is -1.91. The van der Waals surface area contributed by atoms with E-state index in [-0.39, 0.29) is 5.82 Å². The van der Waals surface area contributed by atoms with Gasteiger partial charge in [0.2, 0.25) is 0 Å². The molecular formula is C15H13ClFN3. The van der Waals surface area contributed by atoms with Crippen LogP contribution in [0.5, 0.6) is 0 Å². The maximum atomic E-state index is 13.8. The fraction of sp³-hybridized carbons (Fsp3) is 0.133. The minimum absolute atomic E-state index is 0.230. The summed E-state index contributed by atoms with van der Waals surface area (Å²) in [4.78, 5) is 4.45. The van der Waals surface area contributed by atoms with Crippen LogP contribution in [0, 0.1) is 5.82 Å². The van der Waals surface area contributed by atoms with E-state index in [4.69, 9.17) is 17.3 Å². The van der Waals surface area contributed by atoms with Crippen LogP contribution in [-0.4, -0.2) is 9.55 Å². The summed E-state index contributed by atoms with van der Waals surface area (Å²) >= 11 is 5.97. The third-order valence-corrected chi connectivity index (χ3v) is 3.49. The molecule has 0 aliphatic rings. The molecule has 0 unspecified atom stereocenters. The Morgan fingerprint density at radius 1 is 1.20 bits per heavy atom. The minimum atomic E-state index is -0.230. The standard InChI is InChI=1S/C15H13ClFN3/c16-11-5-6-14-13(7-11)19-15(8-18)20(14)9-10-3-1-2-4-12(10)17/h1-7H,8-9,18H2. The van der Waals surface area contributed by atoms with Gasteiger partial charge in [0.1, 0.15) is 11.6 Å². The highest BCUT2D eigenvalue weighted by molar-refractivity contribution is 6.31. The van der Waals surface area contributed by atoms with Crippen LogP contribution in [-0.2, 0) is 13.1 Å². The van der Waals surface area contributed by atoms with Gasteiger partial charge in [0.15, 0.2) is 0 Å². The number of halogens is 2. The van der Waals surface area contributed by atoms with Crippen molar-refractivity contribution in [3.8, 4) is 0 Å². The topological polar surface area (TPSA) is 43.8 Å². The van der Waals surface area contributed by atoms with E-state index >= 15 is 0 Å². The van der Waals surface area contributed by atoms with Gasteiger partial charge in [-0.05, 0) is 24.3 Å². The Labute approximate surface area is 120 Å². The van der Waals surface area contributed by atoms with Crippen LogP contribution in [0.15, 0.2) is 42.5 Å². The second kappa shape index (κ2) is 5.23. The lowest BCUT2D eigenvalue weighted by Crippen LogP contribution is -2.10. The van der Waals surface area contributed by atoms with Crippen molar-refractivity contribution in [1.82, 2.24) is 9.55 Å². The second-order valence-electron chi connectivity index (χ2n) is 4.54. The van der Waals surface area contributed by atoms with Gasteiger partial charge in [-0.2, -0.15) is 0 Å². The van der Waals surface area contributed by atoms with Crippen LogP contribution < -0.4 is 5.73 Å². The van der Waals surface area contributed by atoms with Gasteiger partial charge in [-0.25, -0.2) is 9.37 Å². The summed E-state index contributed by atoms with van der Waals surface area (Å²) in [7, 11) is 0. The summed E-state index contributed by atoms with van der Waals surface area (Å²) in [6, 6.07) is 12.2. The zero-order valence-corrected chi connectivity index (χ0v) is 11.4. The molecule has 0 aliphatic carbocycles. The monoisotopic (exact) mass is 289 g/mol. The zero-order chi connectivity index (χ0) is 14.1. The predicted molar refractivity (Wildman–Crippen MR) is 78.1 cm³/mol. The number of benzene rings is 2. The summed E-state index contributed by atoms with van der Waals surface area (Å²) in [6.07, 6.45) is 0. The van der Waals surface area contributed by atoms with Crippen LogP contribution in [0.25, 0.3) is 11.0 Å². The van der Waals surface area contributed by atoms with Crippen molar-refractivity contribution in [3.63, 3.8) is 0 Å². The van der Waals surface area contributed by atoms with E-state index < -0.39 is 0 Å². The molecule has 0 aliphatic heterocycles. The predicted octanol–water partition coefficient (Wildman–Crippen LogP) is 3.34. The molecule has 3 aromatic rings. The average molecular weight is 290 g/mol. The first-order chi connectivity index (χ1) is 9.69. The largest absolute Gasteiger partial charge is 0.324 e. The van der Waals surface area contributed by atoms with Gasteiger partial charge in [-0.1, -0.05) is 29.8 Å². The SMILES string of the molecule is NCc1nc2cc(Cl)ccc2n1Cc1ccccc1F. The van der Waals surface area contributed by atoms with E-state index in [9.17, 15) is 4.39 Å². The lowest BCUT2D eigenvalue weighted by molar-refractivity contribution is 0.597. The molecule has 1 heterocycles. The van der Waals surface area contributed by atoms with E-state index in [0.29, 0.717) is 29.5 Å². The fourth-order valence-electron chi connectivity index (χ4n) is 2.28. The molecule has 20 heavy (non-hydrogen) atoms. The number of hydrogen-bond donors (Lipinski definition) is 1. The van der Waals surface area contributed by atoms with Crippen LogP contribution in [0.2, 0.25) is 5.02 Å². The highest BCUT2D eigenvalue weighted by atomic mass is 35.5. The molecule has 3 nitrogen and oxygen atoms in total. The lowest BCUT2D eigenvalue weighted by Gasteiger charge is -2.09. The van der Waals surface area contributed by atoms with Crippen LogP contribution in [0.3, 0.4) is 0 Å². The van der Waals surface area contributed by atoms with Gasteiger partial charge in [-0.3, -0.25) is 0 Å². The van der Waals surface area contributed by atoms with Crippen LogP contribution >= 0.6 is 11.6 Å². The number of nitrogens with two attached hydrogens (primary N) is 1. The first-order valence-electron chi connectivity index (χ1n) is 6.27. The van der Waals surface area contributed by atoms with E-state index in [2.05, 4.69) is 4.98 Å². The van der Waals surface area contributed by atoms with Gasteiger partial charge in [0.25, 0.3) is 0 Å². The number of imidazole rings is 1. The van der Waals surface area contributed by atoms with Crippen molar-refractivity contribution in [3.05, 3.63) is 64.7 Å². The van der Waals surface area contributed by atoms with Gasteiger partial charge in [0, 0.05) is 10.6 Å². The molecule has 0 saturated carbocycles. The molecule has 0 radical (unpaired) electrons. The van der Waals surface area contributed by atoms with Crippen molar-refractivity contribution < 1.29 is 4.39 Å². The Kier molecular flexibility index (Phi) is 3.42. The van der Waals surface area contributed by atoms with E-state index in [1.54, 1.807) is 24.3 Å². The van der Waals surface area contributed by atoms with Crippen molar-refractivity contribution in [1.29, 1.82) is 0 Å². The van der Waals surface area contributed by atoms with Crippen LogP contribution in [0.4, 0.5) is 4.39 Å². The number of aromatic nitrogens is 2. The Bertz CT molecular complexity index is 767.